The van der Waals surface area contributed by atoms with E-state index in [4.69, 9.17) is 4.52 Å². The maximum Gasteiger partial charge on any atom is 0.261 e. The molecule has 0 radical (unpaired) electrons. The third kappa shape index (κ3) is 3.03. The molecule has 0 bridgehead atoms. The van der Waals surface area contributed by atoms with E-state index >= 15 is 0 Å². The molecule has 2 aliphatic heterocycles. The number of likely N-dealkylation sites (N-methyl/N-ethyl adjacent to an activating group) is 1. The minimum atomic E-state index is -0.444. The summed E-state index contributed by atoms with van der Waals surface area (Å²) in [6, 6.07) is 4.56. The molecule has 1 unspecified atom stereocenters. The summed E-state index contributed by atoms with van der Waals surface area (Å²) in [6.45, 7) is 3.17. The van der Waals surface area contributed by atoms with Gasteiger partial charge in [-0.1, -0.05) is 5.16 Å². The van der Waals surface area contributed by atoms with E-state index in [1.54, 1.807) is 17.0 Å². The van der Waals surface area contributed by atoms with Gasteiger partial charge in [0.25, 0.3) is 5.89 Å². The molecular weight excluding hydrogens is 325 g/mol. The van der Waals surface area contributed by atoms with Crippen LogP contribution < -0.4 is 10.2 Å². The Kier molecular flexibility index (Phi) is 4.22. The van der Waals surface area contributed by atoms with Crippen LogP contribution in [0.25, 0.3) is 11.5 Å². The average molecular weight is 345 g/mol. The predicted octanol–water partition coefficient (Wildman–Crippen LogP) is 1.58. The molecule has 4 rings (SSSR count). The first-order valence-electron chi connectivity index (χ1n) is 8.48. The van der Waals surface area contributed by atoms with E-state index in [1.807, 2.05) is 7.05 Å². The quantitative estimate of drug-likeness (QED) is 0.910. The van der Waals surface area contributed by atoms with Crippen molar-refractivity contribution in [1.29, 1.82) is 0 Å². The third-order valence-corrected chi connectivity index (χ3v) is 4.82. The van der Waals surface area contributed by atoms with Crippen LogP contribution in [0.2, 0.25) is 0 Å². The molecule has 132 valence electrons. The minimum absolute atomic E-state index is 0.00217. The Morgan fingerprint density at radius 2 is 2.24 bits per heavy atom. The number of hydrogen-bond donors (Lipinski definition) is 1. The number of carbonyl (C=O) groups is 1. The van der Waals surface area contributed by atoms with Crippen LogP contribution >= 0.6 is 0 Å². The van der Waals surface area contributed by atoms with Crippen LogP contribution in [0.15, 0.2) is 22.7 Å². The monoisotopic (exact) mass is 345 g/mol. The summed E-state index contributed by atoms with van der Waals surface area (Å²) < 4.78 is 19.6. The molecule has 1 aromatic carbocycles. The number of nitrogens with zero attached hydrogens (tertiary/aromatic N) is 4. The number of halogens is 1. The van der Waals surface area contributed by atoms with Gasteiger partial charge in [0.05, 0.1) is 11.6 Å². The lowest BCUT2D eigenvalue weighted by molar-refractivity contribution is -0.117. The third-order valence-electron chi connectivity index (χ3n) is 4.82. The second kappa shape index (κ2) is 6.53. The summed E-state index contributed by atoms with van der Waals surface area (Å²) in [5.74, 6) is 0.283. The fraction of sp³-hybridized carbons (Fsp3) is 0.471. The first-order chi connectivity index (χ1) is 12.1. The average Bonchev–Trinajstić information content (AvgIpc) is 3.25. The number of benzene rings is 1. The summed E-state index contributed by atoms with van der Waals surface area (Å²) in [4.78, 5) is 20.1. The Hall–Kier alpha value is -2.32. The van der Waals surface area contributed by atoms with Gasteiger partial charge in [-0.3, -0.25) is 9.69 Å². The maximum absolute atomic E-state index is 14.3. The summed E-state index contributed by atoms with van der Waals surface area (Å²) in [5.41, 5.74) is 0.887. The van der Waals surface area contributed by atoms with Crippen molar-refractivity contribution in [2.75, 3.05) is 38.1 Å². The van der Waals surface area contributed by atoms with Crippen LogP contribution in [-0.2, 0) is 4.79 Å². The Balaban J connectivity index is 1.64. The molecule has 2 aliphatic rings. The van der Waals surface area contributed by atoms with Gasteiger partial charge in [0.15, 0.2) is 5.82 Å². The van der Waals surface area contributed by atoms with Gasteiger partial charge in [0.1, 0.15) is 5.82 Å². The largest absolute Gasteiger partial charge is 0.334 e. The maximum atomic E-state index is 14.3. The molecule has 0 spiro atoms. The Morgan fingerprint density at radius 1 is 1.36 bits per heavy atom. The molecule has 2 aromatic rings. The van der Waals surface area contributed by atoms with Crippen molar-refractivity contribution in [2.45, 2.75) is 18.9 Å². The van der Waals surface area contributed by atoms with Crippen molar-refractivity contribution in [3.05, 3.63) is 29.8 Å². The molecule has 1 aromatic heterocycles. The van der Waals surface area contributed by atoms with Gasteiger partial charge in [-0.2, -0.15) is 4.98 Å². The Bertz CT molecular complexity index is 793. The van der Waals surface area contributed by atoms with Gasteiger partial charge in [0.2, 0.25) is 5.91 Å². The highest BCUT2D eigenvalue weighted by molar-refractivity contribution is 5.95. The number of anilines is 1. The van der Waals surface area contributed by atoms with E-state index in [0.29, 0.717) is 24.5 Å². The van der Waals surface area contributed by atoms with Gasteiger partial charge in [-0.25, -0.2) is 4.39 Å². The van der Waals surface area contributed by atoms with Crippen molar-refractivity contribution in [3.63, 3.8) is 0 Å². The number of amides is 1. The number of aromatic nitrogens is 2. The second-order valence-corrected chi connectivity index (χ2v) is 6.47. The van der Waals surface area contributed by atoms with E-state index in [2.05, 4.69) is 20.4 Å². The van der Waals surface area contributed by atoms with Crippen LogP contribution in [0, 0.1) is 5.82 Å². The molecule has 8 heteroatoms. The Labute approximate surface area is 144 Å². The first kappa shape index (κ1) is 16.2. The molecule has 1 atom stereocenters. The van der Waals surface area contributed by atoms with Crippen molar-refractivity contribution in [3.8, 4) is 11.5 Å². The predicted molar refractivity (Wildman–Crippen MR) is 89.5 cm³/mol. The molecule has 1 N–H and O–H groups in total. The summed E-state index contributed by atoms with van der Waals surface area (Å²) in [7, 11) is 2.00. The number of hydrogen-bond acceptors (Lipinski definition) is 6. The highest BCUT2D eigenvalue weighted by Gasteiger charge is 2.27. The van der Waals surface area contributed by atoms with Crippen molar-refractivity contribution in [2.24, 2.45) is 0 Å². The molecule has 2 fully saturated rings. The molecule has 0 aliphatic carbocycles. The fourth-order valence-electron chi connectivity index (χ4n) is 3.34. The SMILES string of the molecule is CN1CCNCC1c1noc(-c2cc(N3CCCC3=O)ccc2F)n1. The summed E-state index contributed by atoms with van der Waals surface area (Å²) in [5, 5.41) is 7.33. The minimum Gasteiger partial charge on any atom is -0.334 e. The van der Waals surface area contributed by atoms with Gasteiger partial charge < -0.3 is 14.7 Å². The molecule has 2 saturated heterocycles. The van der Waals surface area contributed by atoms with E-state index in [9.17, 15) is 9.18 Å². The molecule has 0 saturated carbocycles. The zero-order valence-electron chi connectivity index (χ0n) is 14.0. The lowest BCUT2D eigenvalue weighted by Gasteiger charge is -2.30. The second-order valence-electron chi connectivity index (χ2n) is 6.47. The lowest BCUT2D eigenvalue weighted by atomic mass is 10.1. The summed E-state index contributed by atoms with van der Waals surface area (Å²) >= 11 is 0. The number of carbonyl (C=O) groups excluding carboxylic acids is 1. The molecule has 3 heterocycles. The highest BCUT2D eigenvalue weighted by atomic mass is 19.1. The van der Waals surface area contributed by atoms with Crippen molar-refractivity contribution >= 4 is 11.6 Å². The topological polar surface area (TPSA) is 74.5 Å². The van der Waals surface area contributed by atoms with Gasteiger partial charge in [-0.05, 0) is 31.7 Å². The van der Waals surface area contributed by atoms with E-state index in [1.165, 1.54) is 6.07 Å². The molecular formula is C17H20FN5O2. The molecule has 7 nitrogen and oxygen atoms in total. The number of rotatable bonds is 3. The van der Waals surface area contributed by atoms with Crippen LogP contribution in [0.5, 0.6) is 0 Å². The molecule has 25 heavy (non-hydrogen) atoms. The van der Waals surface area contributed by atoms with E-state index in [-0.39, 0.29) is 23.4 Å². The lowest BCUT2D eigenvalue weighted by Crippen LogP contribution is -2.44. The standard InChI is InChI=1S/C17H20FN5O2/c1-22-8-6-19-10-14(22)16-20-17(25-21-16)12-9-11(4-5-13(12)18)23-7-2-3-15(23)24/h4-5,9,14,19H,2-3,6-8,10H2,1H3. The number of piperazine rings is 1. The van der Waals surface area contributed by atoms with Crippen LogP contribution in [-0.4, -0.2) is 54.2 Å². The van der Waals surface area contributed by atoms with Gasteiger partial charge >= 0.3 is 0 Å². The van der Waals surface area contributed by atoms with Crippen molar-refractivity contribution < 1.29 is 13.7 Å². The first-order valence-corrected chi connectivity index (χ1v) is 8.48. The normalized spacial score (nSPS) is 21.9. The number of nitrogens with one attached hydrogen (secondary N) is 1. The zero-order chi connectivity index (χ0) is 17.4. The molecule has 1 amide bonds. The Morgan fingerprint density at radius 3 is 3.00 bits per heavy atom. The van der Waals surface area contributed by atoms with Crippen molar-refractivity contribution in [1.82, 2.24) is 20.4 Å². The van der Waals surface area contributed by atoms with Crippen LogP contribution in [0.1, 0.15) is 24.7 Å². The highest BCUT2D eigenvalue weighted by Crippen LogP contribution is 2.30. The van der Waals surface area contributed by atoms with Crippen LogP contribution in [0.4, 0.5) is 10.1 Å². The van der Waals surface area contributed by atoms with Gasteiger partial charge in [0, 0.05) is 38.3 Å². The smallest absolute Gasteiger partial charge is 0.261 e. The fourth-order valence-corrected chi connectivity index (χ4v) is 3.34. The van der Waals surface area contributed by atoms with E-state index < -0.39 is 5.82 Å². The summed E-state index contributed by atoms with van der Waals surface area (Å²) in [6.07, 6.45) is 1.34. The van der Waals surface area contributed by atoms with Crippen LogP contribution in [0.3, 0.4) is 0 Å². The zero-order valence-corrected chi connectivity index (χ0v) is 14.0. The van der Waals surface area contributed by atoms with Gasteiger partial charge in [-0.15, -0.1) is 0 Å². The van der Waals surface area contributed by atoms with E-state index in [0.717, 1.165) is 26.1 Å².